The molecule has 1 aromatic heterocycles. The van der Waals surface area contributed by atoms with Crippen molar-refractivity contribution < 1.29 is 8.78 Å². The average Bonchev–Trinajstić information content (AvgIpc) is 2.48. The summed E-state index contributed by atoms with van der Waals surface area (Å²) in [5.74, 6) is -0.755. The Bertz CT molecular complexity index is 435. The molecule has 1 aromatic carbocycles. The molecule has 0 radical (unpaired) electrons. The number of nitrogens with one attached hydrogen (secondary N) is 1. The molecular weight excluding hydrogens is 186 g/mol. The number of aromatic nitrogens is 2. The van der Waals surface area contributed by atoms with Gasteiger partial charge in [0, 0.05) is 18.1 Å². The maximum atomic E-state index is 12.8. The second-order valence-corrected chi connectivity index (χ2v) is 3.56. The summed E-state index contributed by atoms with van der Waals surface area (Å²) in [7, 11) is 0. The minimum Gasteiger partial charge on any atom is -0.342 e. The molecule has 0 atom stereocenters. The second-order valence-electron chi connectivity index (χ2n) is 3.56. The molecule has 2 aromatic rings. The molecule has 2 rings (SSSR count). The van der Waals surface area contributed by atoms with Gasteiger partial charge in [-0.3, -0.25) is 0 Å². The van der Waals surface area contributed by atoms with Crippen LogP contribution in [0.3, 0.4) is 0 Å². The fourth-order valence-electron chi connectivity index (χ4n) is 1.30. The van der Waals surface area contributed by atoms with Gasteiger partial charge < -0.3 is 4.98 Å². The number of H-pyrrole nitrogens is 1. The maximum absolute atomic E-state index is 12.8. The zero-order valence-corrected chi connectivity index (χ0v) is 7.94. The normalized spacial score (nSPS) is 11.5. The lowest BCUT2D eigenvalue weighted by Crippen LogP contribution is -1.88. The van der Waals surface area contributed by atoms with E-state index in [1.165, 1.54) is 0 Å². The lowest BCUT2D eigenvalue weighted by atomic mass is 10.2. The number of nitrogens with zero attached hydrogens (tertiary/aromatic N) is 1. The smallest absolute Gasteiger partial charge is 0.161 e. The minimum absolute atomic E-state index is 0.216. The van der Waals surface area contributed by atoms with Crippen molar-refractivity contribution in [2.24, 2.45) is 0 Å². The predicted molar refractivity (Wildman–Crippen MR) is 50.1 cm³/mol. The van der Waals surface area contributed by atoms with Crippen LogP contribution >= 0.6 is 0 Å². The summed E-state index contributed by atoms with van der Waals surface area (Å²) in [6, 6.07) is 2.23. The molecule has 0 aliphatic carbocycles. The quantitative estimate of drug-likeness (QED) is 0.746. The molecular formula is C10H10F2N2. The molecule has 0 saturated heterocycles. The van der Waals surface area contributed by atoms with E-state index in [2.05, 4.69) is 9.97 Å². The first-order chi connectivity index (χ1) is 6.58. The summed E-state index contributed by atoms with van der Waals surface area (Å²) in [5, 5.41) is 0. The Morgan fingerprint density at radius 3 is 2.50 bits per heavy atom. The first kappa shape index (κ1) is 9.12. The Balaban J connectivity index is 2.66. The fourth-order valence-corrected chi connectivity index (χ4v) is 1.30. The van der Waals surface area contributed by atoms with Crippen molar-refractivity contribution in [3.05, 3.63) is 29.6 Å². The van der Waals surface area contributed by atoms with Crippen LogP contribution in [-0.2, 0) is 0 Å². The third-order valence-electron chi connectivity index (χ3n) is 2.09. The Labute approximate surface area is 80.0 Å². The standard InChI is InChI=1S/C10H10F2N2/c1-5(2)10-13-8-3-6(11)7(12)4-9(8)14-10/h3-5H,1-2H3,(H,13,14). The van der Waals surface area contributed by atoms with Crippen LogP contribution in [0.5, 0.6) is 0 Å². The summed E-state index contributed by atoms with van der Waals surface area (Å²) in [5.41, 5.74) is 1.00. The minimum atomic E-state index is -0.862. The molecule has 74 valence electrons. The number of imidazole rings is 1. The van der Waals surface area contributed by atoms with Crippen LogP contribution in [0.4, 0.5) is 8.78 Å². The lowest BCUT2D eigenvalue weighted by Gasteiger charge is -1.95. The molecule has 0 aliphatic heterocycles. The van der Waals surface area contributed by atoms with E-state index in [1.54, 1.807) is 0 Å². The van der Waals surface area contributed by atoms with Crippen LogP contribution in [0.2, 0.25) is 0 Å². The predicted octanol–water partition coefficient (Wildman–Crippen LogP) is 2.96. The number of benzene rings is 1. The topological polar surface area (TPSA) is 28.7 Å². The molecule has 1 N–H and O–H groups in total. The Kier molecular flexibility index (Phi) is 1.98. The zero-order valence-electron chi connectivity index (χ0n) is 7.94. The van der Waals surface area contributed by atoms with Gasteiger partial charge in [-0.15, -0.1) is 0 Å². The second kappa shape index (κ2) is 3.04. The van der Waals surface area contributed by atoms with Crippen molar-refractivity contribution in [1.82, 2.24) is 9.97 Å². The molecule has 0 bridgehead atoms. The molecule has 14 heavy (non-hydrogen) atoms. The Morgan fingerprint density at radius 1 is 1.21 bits per heavy atom. The molecule has 0 amide bonds. The average molecular weight is 196 g/mol. The van der Waals surface area contributed by atoms with Crippen molar-refractivity contribution in [3.8, 4) is 0 Å². The van der Waals surface area contributed by atoms with E-state index < -0.39 is 11.6 Å². The van der Waals surface area contributed by atoms with Crippen LogP contribution < -0.4 is 0 Å². The van der Waals surface area contributed by atoms with E-state index in [0.717, 1.165) is 18.0 Å². The SMILES string of the molecule is CC(C)c1nc2cc(F)c(F)cc2[nH]1. The molecule has 0 saturated carbocycles. The van der Waals surface area contributed by atoms with Crippen LogP contribution in [0, 0.1) is 11.6 Å². The summed E-state index contributed by atoms with van der Waals surface area (Å²) in [4.78, 5) is 7.10. The number of hydrogen-bond acceptors (Lipinski definition) is 1. The summed E-state index contributed by atoms with van der Waals surface area (Å²) < 4.78 is 25.7. The third kappa shape index (κ3) is 1.36. The first-order valence-corrected chi connectivity index (χ1v) is 4.42. The van der Waals surface area contributed by atoms with E-state index in [0.29, 0.717) is 11.0 Å². The summed E-state index contributed by atoms with van der Waals surface area (Å²) in [6.07, 6.45) is 0. The van der Waals surface area contributed by atoms with Gasteiger partial charge in [-0.25, -0.2) is 13.8 Å². The fraction of sp³-hybridized carbons (Fsp3) is 0.300. The van der Waals surface area contributed by atoms with E-state index in [-0.39, 0.29) is 5.92 Å². The van der Waals surface area contributed by atoms with Crippen LogP contribution in [0.1, 0.15) is 25.6 Å². The number of fused-ring (bicyclic) bond motifs is 1. The van der Waals surface area contributed by atoms with Gasteiger partial charge in [-0.1, -0.05) is 13.8 Å². The molecule has 0 fully saturated rings. The summed E-state index contributed by atoms with van der Waals surface area (Å²) >= 11 is 0. The van der Waals surface area contributed by atoms with Crippen LogP contribution in [-0.4, -0.2) is 9.97 Å². The van der Waals surface area contributed by atoms with E-state index >= 15 is 0 Å². The highest BCUT2D eigenvalue weighted by atomic mass is 19.2. The largest absolute Gasteiger partial charge is 0.342 e. The Hall–Kier alpha value is -1.45. The number of rotatable bonds is 1. The number of aromatic amines is 1. The van der Waals surface area contributed by atoms with Gasteiger partial charge in [0.25, 0.3) is 0 Å². The first-order valence-electron chi connectivity index (χ1n) is 4.42. The van der Waals surface area contributed by atoms with Crippen molar-refractivity contribution in [1.29, 1.82) is 0 Å². The van der Waals surface area contributed by atoms with Gasteiger partial charge in [-0.05, 0) is 0 Å². The number of halogens is 2. The molecule has 0 unspecified atom stereocenters. The maximum Gasteiger partial charge on any atom is 0.161 e. The lowest BCUT2D eigenvalue weighted by molar-refractivity contribution is 0.510. The molecule has 0 spiro atoms. The number of hydrogen-bond donors (Lipinski definition) is 1. The molecule has 1 heterocycles. The van der Waals surface area contributed by atoms with Crippen LogP contribution in [0.25, 0.3) is 11.0 Å². The monoisotopic (exact) mass is 196 g/mol. The highest BCUT2D eigenvalue weighted by Gasteiger charge is 2.09. The molecule has 0 aliphatic rings. The van der Waals surface area contributed by atoms with Crippen molar-refractivity contribution in [3.63, 3.8) is 0 Å². The Morgan fingerprint density at radius 2 is 1.86 bits per heavy atom. The van der Waals surface area contributed by atoms with Crippen molar-refractivity contribution >= 4 is 11.0 Å². The van der Waals surface area contributed by atoms with Crippen LogP contribution in [0.15, 0.2) is 12.1 Å². The van der Waals surface area contributed by atoms with Gasteiger partial charge in [0.1, 0.15) is 5.82 Å². The third-order valence-corrected chi connectivity index (χ3v) is 2.09. The highest BCUT2D eigenvalue weighted by Crippen LogP contribution is 2.19. The van der Waals surface area contributed by atoms with E-state index in [1.807, 2.05) is 13.8 Å². The van der Waals surface area contributed by atoms with Gasteiger partial charge in [0.05, 0.1) is 11.0 Å². The van der Waals surface area contributed by atoms with Gasteiger partial charge in [-0.2, -0.15) is 0 Å². The van der Waals surface area contributed by atoms with Gasteiger partial charge in [0.15, 0.2) is 11.6 Å². The molecule has 4 heteroatoms. The molecule has 2 nitrogen and oxygen atoms in total. The highest BCUT2D eigenvalue weighted by molar-refractivity contribution is 5.75. The van der Waals surface area contributed by atoms with Crippen molar-refractivity contribution in [2.45, 2.75) is 19.8 Å². The van der Waals surface area contributed by atoms with E-state index in [4.69, 9.17) is 0 Å². The van der Waals surface area contributed by atoms with Gasteiger partial charge in [0.2, 0.25) is 0 Å². The zero-order chi connectivity index (χ0) is 10.3. The van der Waals surface area contributed by atoms with Gasteiger partial charge >= 0.3 is 0 Å². The van der Waals surface area contributed by atoms with Crippen molar-refractivity contribution in [2.75, 3.05) is 0 Å². The van der Waals surface area contributed by atoms with E-state index in [9.17, 15) is 8.78 Å². The summed E-state index contributed by atoms with van der Waals surface area (Å²) in [6.45, 7) is 3.93.